The number of hydrogen-bond donors (Lipinski definition) is 1. The number of ether oxygens (including phenoxy) is 4. The molecule has 11 atom stereocenters. The van der Waals surface area contributed by atoms with E-state index >= 15 is 0 Å². The lowest BCUT2D eigenvalue weighted by molar-refractivity contribution is -0.180. The van der Waals surface area contributed by atoms with Crippen LogP contribution in [0.25, 0.3) is 0 Å². The van der Waals surface area contributed by atoms with E-state index in [9.17, 15) is 14.4 Å². The van der Waals surface area contributed by atoms with Crippen molar-refractivity contribution in [1.82, 2.24) is 5.32 Å². The van der Waals surface area contributed by atoms with E-state index in [2.05, 4.69) is 5.32 Å². The number of ketones is 2. The standard InChI is InChI=1S/C33H50ClNO7/c1-17-14-23(36)26-21(20-12-10-19(11-13-20)18-8-6-5-7-9-18)15-22(32(38)41-4)35-30(26)33(17)31(37)27-24(39-2)16-25(40-3)28(34)29(27)42-33/h17-22,24-30,35H,5-16H2,1-4H3/t17-,19?,20?,21?,22?,24?,25?,26?,27?,28?,29?,30?,33+/m1/s1. The minimum Gasteiger partial charge on any atom is -0.468 e. The fourth-order valence-corrected chi connectivity index (χ4v) is 10.8. The van der Waals surface area contributed by atoms with Gasteiger partial charge in [-0.25, -0.2) is 0 Å². The van der Waals surface area contributed by atoms with Gasteiger partial charge < -0.3 is 18.9 Å². The molecule has 2 heterocycles. The van der Waals surface area contributed by atoms with Crippen molar-refractivity contribution in [3.63, 3.8) is 0 Å². The smallest absolute Gasteiger partial charge is 0.322 e. The number of halogens is 1. The van der Waals surface area contributed by atoms with Crippen LogP contribution in [0.3, 0.4) is 0 Å². The topological polar surface area (TPSA) is 100 Å². The Balaban J connectivity index is 1.32. The van der Waals surface area contributed by atoms with Gasteiger partial charge in [0, 0.05) is 38.9 Å². The molecule has 9 unspecified atom stereocenters. The summed E-state index contributed by atoms with van der Waals surface area (Å²) in [7, 11) is 4.64. The quantitative estimate of drug-likeness (QED) is 0.361. The molecule has 0 aromatic rings. The van der Waals surface area contributed by atoms with E-state index in [0.29, 0.717) is 18.8 Å². The number of hydrogen-bond acceptors (Lipinski definition) is 8. The molecule has 6 fully saturated rings. The van der Waals surface area contributed by atoms with Gasteiger partial charge in [-0.15, -0.1) is 11.6 Å². The first-order valence-electron chi connectivity index (χ1n) is 16.5. The Labute approximate surface area is 255 Å². The predicted octanol–water partition coefficient (Wildman–Crippen LogP) is 4.48. The summed E-state index contributed by atoms with van der Waals surface area (Å²) in [6, 6.07) is -1.21. The van der Waals surface area contributed by atoms with Crippen molar-refractivity contribution in [1.29, 1.82) is 0 Å². The zero-order chi connectivity index (χ0) is 29.8. The van der Waals surface area contributed by atoms with Crippen molar-refractivity contribution in [2.24, 2.45) is 41.4 Å². The van der Waals surface area contributed by atoms with Crippen LogP contribution in [0.1, 0.15) is 84.0 Å². The summed E-state index contributed by atoms with van der Waals surface area (Å²) in [6.45, 7) is 1.94. The molecule has 0 aromatic carbocycles. The van der Waals surface area contributed by atoms with Crippen LogP contribution < -0.4 is 5.32 Å². The summed E-state index contributed by atoms with van der Waals surface area (Å²) in [4.78, 5) is 41.8. The summed E-state index contributed by atoms with van der Waals surface area (Å²) in [5.41, 5.74) is -1.27. The summed E-state index contributed by atoms with van der Waals surface area (Å²) >= 11 is 6.94. The van der Waals surface area contributed by atoms with Gasteiger partial charge in [-0.2, -0.15) is 0 Å². The minimum absolute atomic E-state index is 0.000281. The second kappa shape index (κ2) is 12.4. The Morgan fingerprint density at radius 3 is 2.17 bits per heavy atom. The molecule has 2 aliphatic heterocycles. The summed E-state index contributed by atoms with van der Waals surface area (Å²) in [5.74, 6) is 0.427. The van der Waals surface area contributed by atoms with Gasteiger partial charge in [0.2, 0.25) is 0 Å². The molecule has 42 heavy (non-hydrogen) atoms. The Kier molecular flexibility index (Phi) is 9.12. The number of methoxy groups -OCH3 is 3. The first kappa shape index (κ1) is 30.9. The maximum Gasteiger partial charge on any atom is 0.322 e. The molecular formula is C33H50ClNO7. The van der Waals surface area contributed by atoms with Gasteiger partial charge in [0.25, 0.3) is 0 Å². The third-order valence-electron chi connectivity index (χ3n) is 12.5. The molecule has 0 amide bonds. The highest BCUT2D eigenvalue weighted by Crippen LogP contribution is 2.56. The highest BCUT2D eigenvalue weighted by Gasteiger charge is 2.71. The van der Waals surface area contributed by atoms with Crippen LogP contribution in [0.15, 0.2) is 0 Å². The molecule has 0 bridgehead atoms. The average Bonchev–Trinajstić information content (AvgIpc) is 3.34. The van der Waals surface area contributed by atoms with Gasteiger partial charge >= 0.3 is 5.97 Å². The van der Waals surface area contributed by atoms with E-state index in [-0.39, 0.29) is 41.9 Å². The summed E-state index contributed by atoms with van der Waals surface area (Å²) in [5, 5.41) is 2.96. The first-order chi connectivity index (χ1) is 20.2. The van der Waals surface area contributed by atoms with Crippen molar-refractivity contribution in [2.45, 2.75) is 125 Å². The number of piperidine rings is 1. The van der Waals surface area contributed by atoms with Gasteiger partial charge in [0.15, 0.2) is 5.78 Å². The molecule has 2 saturated heterocycles. The van der Waals surface area contributed by atoms with Crippen molar-refractivity contribution in [2.75, 3.05) is 21.3 Å². The fraction of sp³-hybridized carbons (Fsp3) is 0.909. The van der Waals surface area contributed by atoms with Crippen LogP contribution in [0.5, 0.6) is 0 Å². The number of rotatable bonds is 5. The Morgan fingerprint density at radius 1 is 0.881 bits per heavy atom. The third kappa shape index (κ3) is 4.99. The van der Waals surface area contributed by atoms with Crippen molar-refractivity contribution in [3.05, 3.63) is 0 Å². The number of carbonyl (C=O) groups excluding carboxylic acids is 3. The van der Waals surface area contributed by atoms with E-state index in [1.54, 1.807) is 14.2 Å². The zero-order valence-corrected chi connectivity index (χ0v) is 26.5. The molecule has 1 spiro atoms. The molecule has 0 radical (unpaired) electrons. The van der Waals surface area contributed by atoms with Gasteiger partial charge in [-0.05, 0) is 55.8 Å². The molecule has 236 valence electrons. The molecule has 6 aliphatic rings. The van der Waals surface area contributed by atoms with E-state index < -0.39 is 47.1 Å². The van der Waals surface area contributed by atoms with E-state index in [1.165, 1.54) is 52.1 Å². The second-order valence-corrected chi connectivity index (χ2v) is 14.8. The normalized spacial score (nSPS) is 48.1. The average molecular weight is 608 g/mol. The Hall–Kier alpha value is -1.06. The Bertz CT molecular complexity index is 1030. The highest BCUT2D eigenvalue weighted by molar-refractivity contribution is 6.22. The molecule has 4 saturated carbocycles. The highest BCUT2D eigenvalue weighted by atomic mass is 35.5. The van der Waals surface area contributed by atoms with Crippen LogP contribution in [-0.4, -0.2) is 80.2 Å². The van der Waals surface area contributed by atoms with Crippen LogP contribution >= 0.6 is 11.6 Å². The molecule has 4 aliphatic carbocycles. The first-order valence-corrected chi connectivity index (χ1v) is 17.0. The lowest BCUT2D eigenvalue weighted by atomic mass is 9.55. The van der Waals surface area contributed by atoms with E-state index in [4.69, 9.17) is 30.5 Å². The maximum absolute atomic E-state index is 14.7. The molecule has 8 nitrogen and oxygen atoms in total. The number of fused-ring (bicyclic) bond motifs is 3. The minimum atomic E-state index is -1.27. The zero-order valence-electron chi connectivity index (χ0n) is 25.7. The Morgan fingerprint density at radius 2 is 1.52 bits per heavy atom. The van der Waals surface area contributed by atoms with E-state index in [0.717, 1.165) is 24.7 Å². The fourth-order valence-electron chi connectivity index (χ4n) is 10.4. The number of carbonyl (C=O) groups is 3. The maximum atomic E-state index is 14.7. The van der Waals surface area contributed by atoms with Crippen LogP contribution in [-0.2, 0) is 33.3 Å². The molecule has 0 aromatic heterocycles. The van der Waals surface area contributed by atoms with Crippen molar-refractivity contribution in [3.8, 4) is 0 Å². The second-order valence-electron chi connectivity index (χ2n) is 14.3. The lowest BCUT2D eigenvalue weighted by Gasteiger charge is -2.55. The summed E-state index contributed by atoms with van der Waals surface area (Å²) in [6.07, 6.45) is 11.3. The number of nitrogens with one attached hydrogen (secondary N) is 1. The van der Waals surface area contributed by atoms with Gasteiger partial charge in [-0.3, -0.25) is 19.7 Å². The van der Waals surface area contributed by atoms with Crippen LogP contribution in [0.2, 0.25) is 0 Å². The number of alkyl halides is 1. The van der Waals surface area contributed by atoms with Crippen LogP contribution in [0.4, 0.5) is 0 Å². The van der Waals surface area contributed by atoms with Gasteiger partial charge in [-0.1, -0.05) is 39.0 Å². The van der Waals surface area contributed by atoms with Gasteiger partial charge in [0.05, 0.1) is 42.8 Å². The van der Waals surface area contributed by atoms with Crippen molar-refractivity contribution >= 4 is 29.1 Å². The van der Waals surface area contributed by atoms with Crippen molar-refractivity contribution < 1.29 is 33.3 Å². The molecule has 1 N–H and O–H groups in total. The monoisotopic (exact) mass is 607 g/mol. The largest absolute Gasteiger partial charge is 0.468 e. The van der Waals surface area contributed by atoms with Gasteiger partial charge in [0.1, 0.15) is 17.4 Å². The third-order valence-corrected chi connectivity index (χ3v) is 13.0. The molecule has 9 heteroatoms. The molecular weight excluding hydrogens is 558 g/mol. The number of Topliss-reactive ketones (excluding diaryl/α,β-unsaturated/α-hetero) is 2. The lowest BCUT2D eigenvalue weighted by Crippen LogP contribution is -2.73. The summed E-state index contributed by atoms with van der Waals surface area (Å²) < 4.78 is 23.7. The SMILES string of the molecule is COC(=O)C1CC(C2CCC(C3CCCCC3)CC2)C2C(=O)C[C@@H](C)[C@]3(OC4C(Cl)C(OC)CC(OC)C4C3=O)C2N1. The predicted molar refractivity (Wildman–Crippen MR) is 157 cm³/mol. The molecule has 6 rings (SSSR count). The van der Waals surface area contributed by atoms with Crippen LogP contribution in [0, 0.1) is 41.4 Å². The number of esters is 1. The van der Waals surface area contributed by atoms with E-state index in [1.807, 2.05) is 6.92 Å².